The first-order valence-electron chi connectivity index (χ1n) is 7.44. The number of carbonyl (C=O) groups excluding carboxylic acids is 2. The average Bonchev–Trinajstić information content (AvgIpc) is 3.23. The van der Waals surface area contributed by atoms with Crippen molar-refractivity contribution in [1.82, 2.24) is 20.2 Å². The number of aromatic nitrogens is 2. The zero-order chi connectivity index (χ0) is 16.2. The van der Waals surface area contributed by atoms with Crippen LogP contribution >= 0.6 is 0 Å². The largest absolute Gasteiger partial charge is 0.348 e. The molecule has 6 nitrogen and oxygen atoms in total. The van der Waals surface area contributed by atoms with Crippen LogP contribution in [0.1, 0.15) is 28.5 Å². The third-order valence-electron chi connectivity index (χ3n) is 3.95. The van der Waals surface area contributed by atoms with Crippen molar-refractivity contribution in [2.24, 2.45) is 0 Å². The first-order chi connectivity index (χ1) is 11.1. The van der Waals surface area contributed by atoms with Crippen LogP contribution in [-0.4, -0.2) is 46.3 Å². The first-order valence-corrected chi connectivity index (χ1v) is 7.44. The molecule has 1 fully saturated rings. The van der Waals surface area contributed by atoms with E-state index >= 15 is 0 Å². The van der Waals surface area contributed by atoms with Gasteiger partial charge in [0.2, 0.25) is 5.91 Å². The molecule has 7 heteroatoms. The van der Waals surface area contributed by atoms with E-state index in [9.17, 15) is 14.0 Å². The molecular formula is C16H17FN4O2. The van der Waals surface area contributed by atoms with Gasteiger partial charge in [-0.05, 0) is 30.7 Å². The Balaban J connectivity index is 1.50. The SMILES string of the molecule is O=C(NCC(=O)N1CCC(c2ncc[nH]2)C1)c1ccc(F)cc1. The Hall–Kier alpha value is -2.70. The minimum atomic E-state index is -0.404. The maximum Gasteiger partial charge on any atom is 0.251 e. The summed E-state index contributed by atoms with van der Waals surface area (Å²) >= 11 is 0. The summed E-state index contributed by atoms with van der Waals surface area (Å²) in [6, 6.07) is 5.20. The summed E-state index contributed by atoms with van der Waals surface area (Å²) in [6.45, 7) is 1.18. The molecule has 120 valence electrons. The zero-order valence-electron chi connectivity index (χ0n) is 12.5. The normalized spacial score (nSPS) is 17.3. The highest BCUT2D eigenvalue weighted by atomic mass is 19.1. The number of hydrogen-bond donors (Lipinski definition) is 2. The molecule has 23 heavy (non-hydrogen) atoms. The van der Waals surface area contributed by atoms with Crippen molar-refractivity contribution in [3.05, 3.63) is 53.9 Å². The molecule has 1 atom stereocenters. The van der Waals surface area contributed by atoms with Crippen LogP contribution in [0.2, 0.25) is 0 Å². The third kappa shape index (κ3) is 3.56. The lowest BCUT2D eigenvalue weighted by atomic mass is 10.1. The number of rotatable bonds is 4. The molecule has 2 aromatic rings. The van der Waals surface area contributed by atoms with Gasteiger partial charge in [-0.15, -0.1) is 0 Å². The number of amides is 2. The number of imidazole rings is 1. The molecule has 2 heterocycles. The summed E-state index contributed by atoms with van der Waals surface area (Å²) in [5.41, 5.74) is 0.328. The van der Waals surface area contributed by atoms with E-state index in [2.05, 4.69) is 15.3 Å². The van der Waals surface area contributed by atoms with E-state index in [4.69, 9.17) is 0 Å². The Morgan fingerprint density at radius 2 is 2.13 bits per heavy atom. The smallest absolute Gasteiger partial charge is 0.251 e. The minimum absolute atomic E-state index is 0.0684. The Morgan fingerprint density at radius 3 is 2.83 bits per heavy atom. The average molecular weight is 316 g/mol. The zero-order valence-corrected chi connectivity index (χ0v) is 12.5. The summed E-state index contributed by atoms with van der Waals surface area (Å²) in [4.78, 5) is 33.1. The van der Waals surface area contributed by atoms with Gasteiger partial charge in [0.15, 0.2) is 0 Å². The van der Waals surface area contributed by atoms with E-state index < -0.39 is 5.82 Å². The number of H-pyrrole nitrogens is 1. The quantitative estimate of drug-likeness (QED) is 0.892. The number of hydrogen-bond acceptors (Lipinski definition) is 3. The Bertz CT molecular complexity index is 685. The van der Waals surface area contributed by atoms with Crippen molar-refractivity contribution in [2.45, 2.75) is 12.3 Å². The molecular weight excluding hydrogens is 299 g/mol. The Morgan fingerprint density at radius 1 is 1.35 bits per heavy atom. The predicted octanol–water partition coefficient (Wildman–Crippen LogP) is 1.29. The number of carbonyl (C=O) groups is 2. The lowest BCUT2D eigenvalue weighted by molar-refractivity contribution is -0.129. The van der Waals surface area contributed by atoms with Crippen molar-refractivity contribution >= 4 is 11.8 Å². The van der Waals surface area contributed by atoms with Crippen LogP contribution in [0.3, 0.4) is 0 Å². The van der Waals surface area contributed by atoms with Gasteiger partial charge in [-0.2, -0.15) is 0 Å². The number of nitrogens with zero attached hydrogens (tertiary/aromatic N) is 2. The minimum Gasteiger partial charge on any atom is -0.348 e. The van der Waals surface area contributed by atoms with Crippen LogP contribution in [0, 0.1) is 5.82 Å². The number of nitrogens with one attached hydrogen (secondary N) is 2. The van der Waals surface area contributed by atoms with Gasteiger partial charge in [0.1, 0.15) is 11.6 Å². The number of benzene rings is 1. The van der Waals surface area contributed by atoms with Crippen molar-refractivity contribution < 1.29 is 14.0 Å². The fourth-order valence-electron chi connectivity index (χ4n) is 2.68. The molecule has 2 N–H and O–H groups in total. The fraction of sp³-hybridized carbons (Fsp3) is 0.312. The van der Waals surface area contributed by atoms with Gasteiger partial charge >= 0.3 is 0 Å². The van der Waals surface area contributed by atoms with Crippen molar-refractivity contribution in [1.29, 1.82) is 0 Å². The Labute approximate surface area is 132 Å². The third-order valence-corrected chi connectivity index (χ3v) is 3.95. The first kappa shape index (κ1) is 15.2. The van der Waals surface area contributed by atoms with Gasteiger partial charge in [0, 0.05) is 37.0 Å². The van der Waals surface area contributed by atoms with Gasteiger partial charge in [-0.3, -0.25) is 9.59 Å². The maximum atomic E-state index is 12.8. The highest BCUT2D eigenvalue weighted by Gasteiger charge is 2.28. The van der Waals surface area contributed by atoms with E-state index in [1.165, 1.54) is 24.3 Å². The van der Waals surface area contributed by atoms with Gasteiger partial charge in [0.25, 0.3) is 5.91 Å². The van der Waals surface area contributed by atoms with Crippen LogP contribution in [0.5, 0.6) is 0 Å². The van der Waals surface area contributed by atoms with Gasteiger partial charge in [0.05, 0.1) is 6.54 Å². The molecule has 0 bridgehead atoms. The van der Waals surface area contributed by atoms with Crippen molar-refractivity contribution in [3.8, 4) is 0 Å². The van der Waals surface area contributed by atoms with E-state index in [0.717, 1.165) is 12.2 Å². The van der Waals surface area contributed by atoms with Gasteiger partial charge in [-0.1, -0.05) is 0 Å². The molecule has 1 aliphatic rings. The highest BCUT2D eigenvalue weighted by Crippen LogP contribution is 2.24. The van der Waals surface area contributed by atoms with Crippen LogP contribution in [0.15, 0.2) is 36.7 Å². The second kappa shape index (κ2) is 6.60. The molecule has 3 rings (SSSR count). The summed E-state index contributed by atoms with van der Waals surface area (Å²) in [6.07, 6.45) is 4.32. The van der Waals surface area contributed by atoms with Crippen LogP contribution in [0.4, 0.5) is 4.39 Å². The molecule has 1 aliphatic heterocycles. The number of aromatic amines is 1. The molecule has 1 aromatic carbocycles. The molecule has 0 aliphatic carbocycles. The maximum absolute atomic E-state index is 12.8. The number of likely N-dealkylation sites (tertiary alicyclic amines) is 1. The van der Waals surface area contributed by atoms with Crippen LogP contribution in [0.25, 0.3) is 0 Å². The molecule has 1 aromatic heterocycles. The van der Waals surface area contributed by atoms with Crippen LogP contribution < -0.4 is 5.32 Å². The number of halogens is 1. The van der Waals surface area contributed by atoms with Crippen molar-refractivity contribution in [2.75, 3.05) is 19.6 Å². The van der Waals surface area contributed by atoms with Crippen LogP contribution in [-0.2, 0) is 4.79 Å². The summed E-state index contributed by atoms with van der Waals surface area (Å²) in [5, 5.41) is 2.57. The van der Waals surface area contributed by atoms with Gasteiger partial charge < -0.3 is 15.2 Å². The molecule has 0 radical (unpaired) electrons. The second-order valence-corrected chi connectivity index (χ2v) is 5.49. The lowest BCUT2D eigenvalue weighted by Crippen LogP contribution is -2.39. The second-order valence-electron chi connectivity index (χ2n) is 5.49. The standard InChI is InChI=1S/C16H17FN4O2/c17-13-3-1-11(2-4-13)16(23)20-9-14(22)21-8-5-12(10-21)15-18-6-7-19-15/h1-4,6-7,12H,5,8-10H2,(H,18,19)(H,20,23). The highest BCUT2D eigenvalue weighted by molar-refractivity contribution is 5.96. The summed E-state index contributed by atoms with van der Waals surface area (Å²) in [7, 11) is 0. The molecule has 1 saturated heterocycles. The van der Waals surface area contributed by atoms with Crippen molar-refractivity contribution in [3.63, 3.8) is 0 Å². The lowest BCUT2D eigenvalue weighted by Gasteiger charge is -2.16. The van der Waals surface area contributed by atoms with E-state index in [1.54, 1.807) is 17.3 Å². The van der Waals surface area contributed by atoms with E-state index in [0.29, 0.717) is 18.7 Å². The monoisotopic (exact) mass is 316 g/mol. The molecule has 0 spiro atoms. The Kier molecular flexibility index (Phi) is 4.36. The molecule has 0 saturated carbocycles. The fourth-order valence-corrected chi connectivity index (χ4v) is 2.68. The van der Waals surface area contributed by atoms with E-state index in [-0.39, 0.29) is 24.3 Å². The molecule has 2 amide bonds. The summed E-state index contributed by atoms with van der Waals surface area (Å²) < 4.78 is 12.8. The van der Waals surface area contributed by atoms with Gasteiger partial charge in [-0.25, -0.2) is 9.37 Å². The molecule has 1 unspecified atom stereocenters. The summed E-state index contributed by atoms with van der Waals surface area (Å²) in [5.74, 6) is 0.172. The predicted molar refractivity (Wildman–Crippen MR) is 81.3 cm³/mol. The topological polar surface area (TPSA) is 78.1 Å². The van der Waals surface area contributed by atoms with E-state index in [1.807, 2.05) is 0 Å².